The molecule has 36 heavy (non-hydrogen) atoms. The lowest BCUT2D eigenvalue weighted by Crippen LogP contribution is -2.53. The third kappa shape index (κ3) is 4.40. The molecule has 3 aliphatic heterocycles. The number of carbonyl (C=O) groups is 1. The first-order valence-corrected chi connectivity index (χ1v) is 13.3. The van der Waals surface area contributed by atoms with Crippen molar-refractivity contribution >= 4 is 23.3 Å². The molecule has 3 atom stereocenters. The van der Waals surface area contributed by atoms with E-state index in [2.05, 4.69) is 36.9 Å². The van der Waals surface area contributed by atoms with E-state index in [9.17, 15) is 4.79 Å². The lowest BCUT2D eigenvalue weighted by molar-refractivity contribution is 0.00613. The second-order valence-corrected chi connectivity index (χ2v) is 11.0. The first-order chi connectivity index (χ1) is 17.2. The van der Waals surface area contributed by atoms with Crippen molar-refractivity contribution in [2.75, 3.05) is 18.0 Å². The summed E-state index contributed by atoms with van der Waals surface area (Å²) in [6.07, 6.45) is 3.62. The molecule has 2 aromatic carbocycles. The number of anilines is 2. The van der Waals surface area contributed by atoms with E-state index in [-0.39, 0.29) is 24.2 Å². The molecule has 0 radical (unpaired) electrons. The minimum atomic E-state index is -0.494. The maximum atomic E-state index is 13.0. The monoisotopic (exact) mass is 490 g/mol. The smallest absolute Gasteiger partial charge is 0.410 e. The molecule has 1 amide bonds. The van der Waals surface area contributed by atoms with Crippen LogP contribution in [0.5, 0.6) is 11.5 Å². The SMILES string of the molecule is CCN(CC)C(=N)c1ccc2c(c1)Oc1ccccc1N2C1C[C@H]2CC[C@@H](C1)N2C(=O)OC(C)(C)C. The Hall–Kier alpha value is -3.22. The largest absolute Gasteiger partial charge is 0.453 e. The summed E-state index contributed by atoms with van der Waals surface area (Å²) < 4.78 is 12.1. The zero-order chi connectivity index (χ0) is 25.6. The zero-order valence-electron chi connectivity index (χ0n) is 22.1. The molecule has 2 saturated heterocycles. The molecule has 0 aliphatic carbocycles. The quantitative estimate of drug-likeness (QED) is 0.390. The van der Waals surface area contributed by atoms with Crippen LogP contribution in [-0.2, 0) is 4.74 Å². The van der Waals surface area contributed by atoms with Crippen molar-refractivity contribution in [1.82, 2.24) is 9.80 Å². The van der Waals surface area contributed by atoms with E-state index in [1.165, 1.54) is 0 Å². The standard InChI is InChI=1S/C29H38N4O3/c1-6-31(7-2)27(30)19-12-15-24-26(16-19)35-25-11-9-8-10-23(25)33(24)22-17-20-13-14-21(18-22)32(20)28(34)36-29(3,4)5/h8-12,15-16,20-22,30H,6-7,13-14,17-18H2,1-5H3/t20-,21+,22?. The molecule has 7 heteroatoms. The van der Waals surface area contributed by atoms with E-state index in [4.69, 9.17) is 14.9 Å². The van der Waals surface area contributed by atoms with Crippen molar-refractivity contribution in [2.24, 2.45) is 0 Å². The van der Waals surface area contributed by atoms with Crippen molar-refractivity contribution in [3.05, 3.63) is 48.0 Å². The van der Waals surface area contributed by atoms with Crippen LogP contribution in [0.2, 0.25) is 0 Å². The number of rotatable bonds is 4. The fraction of sp³-hybridized carbons (Fsp3) is 0.517. The van der Waals surface area contributed by atoms with Gasteiger partial charge in [-0.2, -0.15) is 0 Å². The molecular weight excluding hydrogens is 452 g/mol. The van der Waals surface area contributed by atoms with Crippen LogP contribution in [0.1, 0.15) is 65.9 Å². The van der Waals surface area contributed by atoms with Gasteiger partial charge in [0.1, 0.15) is 11.4 Å². The van der Waals surface area contributed by atoms with Gasteiger partial charge in [-0.1, -0.05) is 12.1 Å². The van der Waals surface area contributed by atoms with Crippen LogP contribution in [0.3, 0.4) is 0 Å². The van der Waals surface area contributed by atoms with Crippen LogP contribution >= 0.6 is 0 Å². The Balaban J connectivity index is 1.46. The summed E-state index contributed by atoms with van der Waals surface area (Å²) in [6, 6.07) is 14.9. The molecule has 3 heterocycles. The molecule has 2 bridgehead atoms. The molecular formula is C29H38N4O3. The Morgan fingerprint density at radius 3 is 2.28 bits per heavy atom. The fourth-order valence-electron chi connectivity index (χ4n) is 6.02. The number of amidine groups is 1. The summed E-state index contributed by atoms with van der Waals surface area (Å²) in [7, 11) is 0. The highest BCUT2D eigenvalue weighted by Gasteiger charge is 2.47. The molecule has 0 aromatic heterocycles. The Morgan fingerprint density at radius 1 is 1.00 bits per heavy atom. The maximum absolute atomic E-state index is 13.0. The fourth-order valence-corrected chi connectivity index (χ4v) is 6.02. The summed E-state index contributed by atoms with van der Waals surface area (Å²) in [6.45, 7) is 11.5. The van der Waals surface area contributed by atoms with Crippen LogP contribution in [0, 0.1) is 5.41 Å². The van der Waals surface area contributed by atoms with Crippen LogP contribution in [0.15, 0.2) is 42.5 Å². The van der Waals surface area contributed by atoms with Gasteiger partial charge in [0.25, 0.3) is 0 Å². The van der Waals surface area contributed by atoms with Crippen molar-refractivity contribution in [1.29, 1.82) is 5.41 Å². The van der Waals surface area contributed by atoms with Crippen molar-refractivity contribution in [2.45, 2.75) is 84.0 Å². The average molecular weight is 491 g/mol. The van der Waals surface area contributed by atoms with Gasteiger partial charge in [-0.05, 0) is 90.6 Å². The molecule has 192 valence electrons. The summed E-state index contributed by atoms with van der Waals surface area (Å²) in [5.41, 5.74) is 2.45. The number of benzene rings is 2. The Kier molecular flexibility index (Phi) is 6.35. The van der Waals surface area contributed by atoms with Crippen LogP contribution in [-0.4, -0.2) is 58.5 Å². The molecule has 1 N–H and O–H groups in total. The highest BCUT2D eigenvalue weighted by Crippen LogP contribution is 2.51. The van der Waals surface area contributed by atoms with Gasteiger partial charge in [0.15, 0.2) is 11.5 Å². The third-order valence-electron chi connectivity index (χ3n) is 7.59. The molecule has 1 unspecified atom stereocenters. The lowest BCUT2D eigenvalue weighted by atomic mass is 9.94. The molecule has 2 aromatic rings. The highest BCUT2D eigenvalue weighted by molar-refractivity contribution is 5.98. The Morgan fingerprint density at radius 2 is 1.64 bits per heavy atom. The summed E-state index contributed by atoms with van der Waals surface area (Å²) in [4.78, 5) is 19.5. The normalized spacial score (nSPS) is 22.4. The first-order valence-electron chi connectivity index (χ1n) is 13.3. The number of para-hydroxylation sites is 2. The van der Waals surface area contributed by atoms with Crippen LogP contribution in [0.25, 0.3) is 0 Å². The second-order valence-electron chi connectivity index (χ2n) is 11.0. The van der Waals surface area contributed by atoms with Crippen LogP contribution < -0.4 is 9.64 Å². The van der Waals surface area contributed by atoms with Gasteiger partial charge >= 0.3 is 6.09 Å². The van der Waals surface area contributed by atoms with Gasteiger partial charge in [-0.3, -0.25) is 5.41 Å². The number of carbonyl (C=O) groups excluding carboxylic acids is 1. The van der Waals surface area contributed by atoms with E-state index in [0.717, 1.165) is 67.2 Å². The predicted molar refractivity (Wildman–Crippen MR) is 143 cm³/mol. The van der Waals surface area contributed by atoms with E-state index in [0.29, 0.717) is 5.84 Å². The average Bonchev–Trinajstić information content (AvgIpc) is 3.11. The molecule has 7 nitrogen and oxygen atoms in total. The van der Waals surface area contributed by atoms with E-state index in [1.807, 2.05) is 54.8 Å². The van der Waals surface area contributed by atoms with Gasteiger partial charge in [-0.25, -0.2) is 4.79 Å². The molecule has 5 rings (SSSR count). The number of piperidine rings is 1. The zero-order valence-corrected chi connectivity index (χ0v) is 22.1. The number of hydrogen-bond acceptors (Lipinski definition) is 5. The van der Waals surface area contributed by atoms with Gasteiger partial charge in [0.2, 0.25) is 0 Å². The second kappa shape index (κ2) is 9.34. The van der Waals surface area contributed by atoms with E-state index < -0.39 is 5.60 Å². The van der Waals surface area contributed by atoms with E-state index >= 15 is 0 Å². The highest BCUT2D eigenvalue weighted by atomic mass is 16.6. The van der Waals surface area contributed by atoms with Gasteiger partial charge in [-0.15, -0.1) is 0 Å². The predicted octanol–water partition coefficient (Wildman–Crippen LogP) is 6.53. The summed E-state index contributed by atoms with van der Waals surface area (Å²) >= 11 is 0. The minimum Gasteiger partial charge on any atom is -0.453 e. The van der Waals surface area contributed by atoms with Gasteiger partial charge < -0.3 is 24.2 Å². The first kappa shape index (κ1) is 24.5. The summed E-state index contributed by atoms with van der Waals surface area (Å²) in [5.74, 6) is 2.13. The number of fused-ring (bicyclic) bond motifs is 4. The number of hydrogen-bond donors (Lipinski definition) is 1. The van der Waals surface area contributed by atoms with Crippen LogP contribution in [0.4, 0.5) is 16.2 Å². The molecule has 0 spiro atoms. The topological polar surface area (TPSA) is 69.1 Å². The molecule has 3 aliphatic rings. The number of nitrogens with one attached hydrogen (secondary N) is 1. The number of ether oxygens (including phenoxy) is 2. The van der Waals surface area contributed by atoms with Crippen molar-refractivity contribution in [3.8, 4) is 11.5 Å². The molecule has 0 saturated carbocycles. The van der Waals surface area contributed by atoms with Crippen molar-refractivity contribution < 1.29 is 14.3 Å². The minimum absolute atomic E-state index is 0.178. The number of amides is 1. The van der Waals surface area contributed by atoms with Gasteiger partial charge in [0, 0.05) is 36.8 Å². The Bertz CT molecular complexity index is 1140. The number of nitrogens with zero attached hydrogens (tertiary/aromatic N) is 3. The maximum Gasteiger partial charge on any atom is 0.410 e. The van der Waals surface area contributed by atoms with Gasteiger partial charge in [0.05, 0.1) is 11.4 Å². The third-order valence-corrected chi connectivity index (χ3v) is 7.59. The van der Waals surface area contributed by atoms with E-state index in [1.54, 1.807) is 0 Å². The molecule has 2 fully saturated rings. The van der Waals surface area contributed by atoms with Crippen molar-refractivity contribution in [3.63, 3.8) is 0 Å². The Labute approximate surface area is 214 Å². The summed E-state index contributed by atoms with van der Waals surface area (Å²) in [5, 5.41) is 8.69. The lowest BCUT2D eigenvalue weighted by Gasteiger charge is -2.45.